The topological polar surface area (TPSA) is 60.9 Å². The van der Waals surface area contributed by atoms with Crippen molar-refractivity contribution in [3.05, 3.63) is 70.0 Å². The molecule has 2 aromatic carbocycles. The van der Waals surface area contributed by atoms with E-state index < -0.39 is 0 Å². The molecular weight excluding hydrogens is 326 g/mol. The van der Waals surface area contributed by atoms with Gasteiger partial charge in [0, 0.05) is 23.7 Å². The number of pyridine rings is 1. The minimum absolute atomic E-state index is 0.0895. The van der Waals surface area contributed by atoms with E-state index in [2.05, 4.69) is 10.1 Å². The van der Waals surface area contributed by atoms with Gasteiger partial charge in [0.15, 0.2) is 0 Å². The summed E-state index contributed by atoms with van der Waals surface area (Å²) >= 11 is 0. The van der Waals surface area contributed by atoms with Crippen molar-refractivity contribution in [2.75, 3.05) is 0 Å². The summed E-state index contributed by atoms with van der Waals surface area (Å²) in [6.45, 7) is 6.75. The van der Waals surface area contributed by atoms with E-state index in [1.54, 1.807) is 6.20 Å². The minimum atomic E-state index is -0.0895. The number of rotatable bonds is 3. The van der Waals surface area contributed by atoms with Gasteiger partial charge in [-0.2, -0.15) is 4.98 Å². The Morgan fingerprint density at radius 1 is 1.08 bits per heavy atom. The van der Waals surface area contributed by atoms with E-state index >= 15 is 0 Å². The van der Waals surface area contributed by atoms with Gasteiger partial charge in [0.05, 0.1) is 5.52 Å². The zero-order valence-corrected chi connectivity index (χ0v) is 15.0. The molecule has 2 aromatic heterocycles. The number of hydrogen-bond acceptors (Lipinski definition) is 4. The Bertz CT molecular complexity index is 1170. The molecule has 0 N–H and O–H groups in total. The van der Waals surface area contributed by atoms with Gasteiger partial charge in [-0.25, -0.2) is 0 Å². The third kappa shape index (κ3) is 2.62. The maximum atomic E-state index is 13.0. The van der Waals surface area contributed by atoms with E-state index in [4.69, 9.17) is 4.52 Å². The second-order valence-corrected chi connectivity index (χ2v) is 6.42. The first-order valence-corrected chi connectivity index (χ1v) is 8.62. The highest BCUT2D eigenvalue weighted by atomic mass is 16.5. The predicted octanol–water partition coefficient (Wildman–Crippen LogP) is 4.36. The van der Waals surface area contributed by atoms with Gasteiger partial charge >= 0.3 is 0 Å². The van der Waals surface area contributed by atoms with Gasteiger partial charge in [0.1, 0.15) is 5.56 Å². The summed E-state index contributed by atoms with van der Waals surface area (Å²) in [7, 11) is 0. The molecular formula is C21H19N3O2. The van der Waals surface area contributed by atoms with E-state index in [0.29, 0.717) is 16.8 Å². The number of hydrogen-bond donors (Lipinski definition) is 0. The molecule has 26 heavy (non-hydrogen) atoms. The molecule has 0 unspecified atom stereocenters. The van der Waals surface area contributed by atoms with Crippen molar-refractivity contribution in [2.24, 2.45) is 0 Å². The van der Waals surface area contributed by atoms with Crippen LogP contribution in [0, 0.1) is 13.8 Å². The highest BCUT2D eigenvalue weighted by Crippen LogP contribution is 2.24. The summed E-state index contributed by atoms with van der Waals surface area (Å²) in [6, 6.07) is 13.7. The van der Waals surface area contributed by atoms with Crippen LogP contribution in [0.4, 0.5) is 0 Å². The van der Waals surface area contributed by atoms with Crippen molar-refractivity contribution < 1.29 is 4.52 Å². The molecule has 0 aliphatic heterocycles. The normalized spacial score (nSPS) is 11.2. The smallest absolute Gasteiger partial charge is 0.263 e. The molecule has 2 heterocycles. The predicted molar refractivity (Wildman–Crippen MR) is 102 cm³/mol. The van der Waals surface area contributed by atoms with Crippen LogP contribution < -0.4 is 5.43 Å². The third-order valence-corrected chi connectivity index (χ3v) is 4.62. The molecule has 0 saturated heterocycles. The summed E-state index contributed by atoms with van der Waals surface area (Å²) in [5.41, 5.74) is 4.24. The second kappa shape index (κ2) is 6.26. The molecule has 5 nitrogen and oxygen atoms in total. The number of aryl methyl sites for hydroxylation is 3. The average molecular weight is 345 g/mol. The van der Waals surface area contributed by atoms with Crippen molar-refractivity contribution >= 4 is 10.9 Å². The fourth-order valence-electron chi connectivity index (χ4n) is 3.19. The van der Waals surface area contributed by atoms with Crippen LogP contribution in [-0.2, 0) is 6.54 Å². The molecule has 0 radical (unpaired) electrons. The summed E-state index contributed by atoms with van der Waals surface area (Å²) in [6.07, 6.45) is 1.80. The molecule has 0 fully saturated rings. The maximum Gasteiger partial charge on any atom is 0.263 e. The zero-order valence-electron chi connectivity index (χ0n) is 15.0. The third-order valence-electron chi connectivity index (χ3n) is 4.62. The lowest BCUT2D eigenvalue weighted by Gasteiger charge is -2.10. The van der Waals surface area contributed by atoms with Crippen molar-refractivity contribution in [3.63, 3.8) is 0 Å². The van der Waals surface area contributed by atoms with Gasteiger partial charge in [-0.15, -0.1) is 0 Å². The van der Waals surface area contributed by atoms with E-state index in [1.165, 1.54) is 0 Å². The maximum absolute atomic E-state index is 13.0. The van der Waals surface area contributed by atoms with Crippen LogP contribution >= 0.6 is 0 Å². The second-order valence-electron chi connectivity index (χ2n) is 6.42. The largest absolute Gasteiger partial charge is 0.347 e. The van der Waals surface area contributed by atoms with Gasteiger partial charge in [0.2, 0.25) is 11.3 Å². The Morgan fingerprint density at radius 3 is 2.65 bits per heavy atom. The Kier molecular flexibility index (Phi) is 3.92. The van der Waals surface area contributed by atoms with Crippen LogP contribution in [0.25, 0.3) is 33.7 Å². The lowest BCUT2D eigenvalue weighted by Crippen LogP contribution is -2.12. The molecule has 4 rings (SSSR count). The van der Waals surface area contributed by atoms with E-state index in [-0.39, 0.29) is 11.3 Å². The van der Waals surface area contributed by atoms with Gasteiger partial charge < -0.3 is 9.09 Å². The van der Waals surface area contributed by atoms with Crippen LogP contribution in [0.2, 0.25) is 0 Å². The molecule has 130 valence electrons. The van der Waals surface area contributed by atoms with E-state index in [1.807, 2.05) is 67.8 Å². The Morgan fingerprint density at radius 2 is 1.88 bits per heavy atom. The van der Waals surface area contributed by atoms with Crippen molar-refractivity contribution in [3.8, 4) is 22.8 Å². The summed E-state index contributed by atoms with van der Waals surface area (Å²) < 4.78 is 7.48. The van der Waals surface area contributed by atoms with Crippen LogP contribution in [0.5, 0.6) is 0 Å². The number of benzene rings is 2. The van der Waals surface area contributed by atoms with Gasteiger partial charge in [-0.3, -0.25) is 4.79 Å². The van der Waals surface area contributed by atoms with Gasteiger partial charge in [0.25, 0.3) is 5.89 Å². The fourth-order valence-corrected chi connectivity index (χ4v) is 3.19. The van der Waals surface area contributed by atoms with Crippen LogP contribution in [0.1, 0.15) is 18.1 Å². The Balaban J connectivity index is 1.92. The quantitative estimate of drug-likeness (QED) is 0.554. The molecule has 0 saturated carbocycles. The van der Waals surface area contributed by atoms with Gasteiger partial charge in [-0.1, -0.05) is 41.1 Å². The van der Waals surface area contributed by atoms with Crippen molar-refractivity contribution in [1.29, 1.82) is 0 Å². The van der Waals surface area contributed by atoms with E-state index in [0.717, 1.165) is 28.8 Å². The monoisotopic (exact) mass is 345 g/mol. The van der Waals surface area contributed by atoms with Gasteiger partial charge in [-0.05, 0) is 38.5 Å². The molecule has 5 heteroatoms. The molecule has 0 bridgehead atoms. The highest BCUT2D eigenvalue weighted by Gasteiger charge is 2.17. The SMILES string of the molecule is CCn1cc(-c2nc(-c3ccccc3C)no2)c(=O)c2cc(C)ccc21. The van der Waals surface area contributed by atoms with E-state index in [9.17, 15) is 4.79 Å². The molecule has 0 spiro atoms. The molecule has 4 aromatic rings. The molecule has 0 aliphatic carbocycles. The lowest BCUT2D eigenvalue weighted by atomic mass is 10.1. The Hall–Kier alpha value is -3.21. The Labute approximate surface area is 150 Å². The first-order valence-electron chi connectivity index (χ1n) is 8.62. The first kappa shape index (κ1) is 16.3. The summed E-state index contributed by atoms with van der Waals surface area (Å²) in [5.74, 6) is 0.740. The highest BCUT2D eigenvalue weighted by molar-refractivity contribution is 5.83. The van der Waals surface area contributed by atoms with Crippen LogP contribution in [0.15, 0.2) is 58.0 Å². The molecule has 0 aliphatic rings. The first-order chi connectivity index (χ1) is 12.6. The number of fused-ring (bicyclic) bond motifs is 1. The summed E-state index contributed by atoms with van der Waals surface area (Å²) in [4.78, 5) is 17.5. The minimum Gasteiger partial charge on any atom is -0.347 e. The van der Waals surface area contributed by atoms with Crippen LogP contribution in [0.3, 0.4) is 0 Å². The average Bonchev–Trinajstić information content (AvgIpc) is 3.12. The molecule has 0 amide bonds. The lowest BCUT2D eigenvalue weighted by molar-refractivity contribution is 0.431. The zero-order chi connectivity index (χ0) is 18.3. The molecule has 0 atom stereocenters. The standard InChI is InChI=1S/C21H19N3O2/c1-4-24-12-17(19(25)16-11-13(2)9-10-18(16)24)21-22-20(23-26-21)15-8-6-5-7-14(15)3/h5-12H,4H2,1-3H3. The number of aromatic nitrogens is 3. The fraction of sp³-hybridized carbons (Fsp3) is 0.190. The van der Waals surface area contributed by atoms with Crippen LogP contribution in [-0.4, -0.2) is 14.7 Å². The van der Waals surface area contributed by atoms with Crippen molar-refractivity contribution in [1.82, 2.24) is 14.7 Å². The van der Waals surface area contributed by atoms with Crippen molar-refractivity contribution in [2.45, 2.75) is 27.3 Å². The number of nitrogens with zero attached hydrogens (tertiary/aromatic N) is 3. The summed E-state index contributed by atoms with van der Waals surface area (Å²) in [5, 5.41) is 4.75.